The van der Waals surface area contributed by atoms with Crippen molar-refractivity contribution in [3.8, 4) is 0 Å². The van der Waals surface area contributed by atoms with Crippen LogP contribution in [-0.4, -0.2) is 32.4 Å². The summed E-state index contributed by atoms with van der Waals surface area (Å²) in [5.74, 6) is -2.86. The summed E-state index contributed by atoms with van der Waals surface area (Å²) in [6.07, 6.45) is -2.97. The second-order valence-electron chi connectivity index (χ2n) is 7.18. The maximum absolute atomic E-state index is 13.4. The molecule has 1 saturated carbocycles. The molecular formula is C17H21F3N2O4. The van der Waals surface area contributed by atoms with E-state index in [2.05, 4.69) is 10.3 Å². The molecule has 0 saturated heterocycles. The molecule has 1 aromatic heterocycles. The zero-order valence-electron chi connectivity index (χ0n) is 14.4. The third kappa shape index (κ3) is 3.57. The number of nitrogens with zero attached hydrogens (tertiary/aromatic N) is 1. The smallest absolute Gasteiger partial charge is 0.420 e. The highest BCUT2D eigenvalue weighted by molar-refractivity contribution is 5.78. The first-order valence-electron chi connectivity index (χ1n) is 8.36. The van der Waals surface area contributed by atoms with E-state index in [0.717, 1.165) is 12.5 Å². The van der Waals surface area contributed by atoms with E-state index in [9.17, 15) is 28.5 Å². The number of rotatable bonds is 5. The lowest BCUT2D eigenvalue weighted by molar-refractivity contribution is -0.205. The number of oxazole rings is 1. The van der Waals surface area contributed by atoms with Gasteiger partial charge in [0.15, 0.2) is 11.5 Å². The van der Waals surface area contributed by atoms with Crippen LogP contribution < -0.4 is 5.32 Å². The molecule has 2 aromatic rings. The van der Waals surface area contributed by atoms with E-state index in [1.165, 1.54) is 0 Å². The quantitative estimate of drug-likeness (QED) is 0.601. The Bertz CT molecular complexity index is 810. The van der Waals surface area contributed by atoms with E-state index in [0.29, 0.717) is 18.9 Å². The minimum Gasteiger partial charge on any atom is -0.440 e. The van der Waals surface area contributed by atoms with Gasteiger partial charge in [-0.1, -0.05) is 13.8 Å². The summed E-state index contributed by atoms with van der Waals surface area (Å²) in [4.78, 5) is 4.03. The normalized spacial score (nSPS) is 17.7. The number of nitrogens with one attached hydrogen (secondary N) is 1. The molecule has 9 heteroatoms. The van der Waals surface area contributed by atoms with Gasteiger partial charge >= 0.3 is 6.18 Å². The molecule has 6 nitrogen and oxygen atoms in total. The fourth-order valence-corrected chi connectivity index (χ4v) is 2.86. The Kier molecular flexibility index (Phi) is 4.55. The van der Waals surface area contributed by atoms with E-state index < -0.39 is 34.4 Å². The number of alkyl halides is 3. The van der Waals surface area contributed by atoms with Crippen molar-refractivity contribution < 1.29 is 32.9 Å². The first kappa shape index (κ1) is 19.1. The second kappa shape index (κ2) is 6.19. The number of aliphatic hydroxyl groups is 3. The van der Waals surface area contributed by atoms with Gasteiger partial charge in [-0.05, 0) is 31.4 Å². The van der Waals surface area contributed by atoms with Crippen LogP contribution in [0.3, 0.4) is 0 Å². The Morgan fingerprint density at radius 1 is 1.27 bits per heavy atom. The number of halogens is 3. The largest absolute Gasteiger partial charge is 0.440 e. The molecule has 0 radical (unpaired) electrons. The van der Waals surface area contributed by atoms with Crippen LogP contribution >= 0.6 is 0 Å². The van der Waals surface area contributed by atoms with Gasteiger partial charge in [0.05, 0.1) is 5.60 Å². The lowest BCUT2D eigenvalue weighted by Crippen LogP contribution is -2.53. The average molecular weight is 374 g/mol. The van der Waals surface area contributed by atoms with Crippen LogP contribution in [0, 0.1) is 0 Å². The average Bonchev–Trinajstić information content (AvgIpc) is 2.93. The predicted octanol–water partition coefficient (Wildman–Crippen LogP) is 2.57. The number of hydrogen-bond donors (Lipinski definition) is 4. The summed E-state index contributed by atoms with van der Waals surface area (Å²) in [5, 5.41) is 32.9. The maximum atomic E-state index is 13.4. The van der Waals surface area contributed by atoms with Gasteiger partial charge < -0.3 is 19.7 Å². The van der Waals surface area contributed by atoms with Crippen molar-refractivity contribution in [2.24, 2.45) is 0 Å². The van der Waals surface area contributed by atoms with Crippen LogP contribution in [0.1, 0.15) is 56.0 Å². The summed E-state index contributed by atoms with van der Waals surface area (Å²) >= 11 is 0. The molecule has 1 aliphatic rings. The Morgan fingerprint density at radius 2 is 1.92 bits per heavy atom. The van der Waals surface area contributed by atoms with Crippen LogP contribution in [0.2, 0.25) is 0 Å². The van der Waals surface area contributed by atoms with Crippen molar-refractivity contribution in [1.29, 1.82) is 0 Å². The Morgan fingerprint density at radius 3 is 2.42 bits per heavy atom. The number of hydrogen-bond acceptors (Lipinski definition) is 6. The van der Waals surface area contributed by atoms with Crippen molar-refractivity contribution in [1.82, 2.24) is 10.3 Å². The third-order valence-electron chi connectivity index (χ3n) is 4.66. The molecule has 1 fully saturated rings. The maximum Gasteiger partial charge on any atom is 0.420 e. The van der Waals surface area contributed by atoms with Gasteiger partial charge in [0, 0.05) is 18.0 Å². The zero-order chi connectivity index (χ0) is 19.3. The fourth-order valence-electron chi connectivity index (χ4n) is 2.86. The molecule has 1 aromatic carbocycles. The number of fused-ring (bicyclic) bond motifs is 1. The Labute approximate surface area is 147 Å². The minimum atomic E-state index is -4.76. The molecule has 0 spiro atoms. The lowest BCUT2D eigenvalue weighted by atomic mass is 9.80. The van der Waals surface area contributed by atoms with Crippen LogP contribution in [0.15, 0.2) is 16.5 Å². The SMILES string of the molecule is CC(C)c1nc2cc(C(O)(O)NCC3(O)CCC3)cc(C(F)(F)F)c2o1. The zero-order valence-corrected chi connectivity index (χ0v) is 14.4. The summed E-state index contributed by atoms with van der Waals surface area (Å²) < 4.78 is 45.5. The highest BCUT2D eigenvalue weighted by atomic mass is 19.4. The van der Waals surface area contributed by atoms with Crippen LogP contribution in [-0.2, 0) is 12.1 Å². The molecule has 3 rings (SSSR count). The molecule has 0 aliphatic heterocycles. The summed E-state index contributed by atoms with van der Waals surface area (Å²) in [6, 6.07) is 1.76. The Hall–Kier alpha value is -1.68. The van der Waals surface area contributed by atoms with Crippen molar-refractivity contribution in [2.75, 3.05) is 6.54 Å². The van der Waals surface area contributed by atoms with Gasteiger partial charge in [0.2, 0.25) is 0 Å². The van der Waals surface area contributed by atoms with E-state index >= 15 is 0 Å². The Balaban J connectivity index is 2.02. The van der Waals surface area contributed by atoms with Gasteiger partial charge in [0.1, 0.15) is 11.1 Å². The summed E-state index contributed by atoms with van der Waals surface area (Å²) in [5.41, 5.74) is -3.20. The first-order chi connectivity index (χ1) is 11.9. The van der Waals surface area contributed by atoms with Crippen molar-refractivity contribution in [2.45, 2.75) is 56.7 Å². The van der Waals surface area contributed by atoms with Crippen LogP contribution in [0.4, 0.5) is 13.2 Å². The van der Waals surface area contributed by atoms with Crippen molar-refractivity contribution >= 4 is 11.1 Å². The van der Waals surface area contributed by atoms with E-state index in [1.807, 2.05) is 0 Å². The molecule has 4 N–H and O–H groups in total. The highest BCUT2D eigenvalue weighted by Crippen LogP contribution is 2.38. The first-order valence-corrected chi connectivity index (χ1v) is 8.36. The fraction of sp³-hybridized carbons (Fsp3) is 0.588. The van der Waals surface area contributed by atoms with Crippen molar-refractivity contribution in [3.63, 3.8) is 0 Å². The van der Waals surface area contributed by atoms with Gasteiger partial charge in [-0.2, -0.15) is 13.2 Å². The second-order valence-corrected chi connectivity index (χ2v) is 7.18. The van der Waals surface area contributed by atoms with Gasteiger partial charge in [-0.25, -0.2) is 4.98 Å². The van der Waals surface area contributed by atoms with Gasteiger partial charge in [-0.3, -0.25) is 5.32 Å². The number of aromatic nitrogens is 1. The molecule has 0 unspecified atom stereocenters. The third-order valence-corrected chi connectivity index (χ3v) is 4.66. The van der Waals surface area contributed by atoms with Gasteiger partial charge in [-0.15, -0.1) is 0 Å². The molecule has 144 valence electrons. The molecular weight excluding hydrogens is 353 g/mol. The number of benzene rings is 1. The van der Waals surface area contributed by atoms with Crippen LogP contribution in [0.25, 0.3) is 11.1 Å². The van der Waals surface area contributed by atoms with E-state index in [-0.39, 0.29) is 23.9 Å². The minimum absolute atomic E-state index is 0.116. The molecule has 26 heavy (non-hydrogen) atoms. The summed E-state index contributed by atoms with van der Waals surface area (Å²) in [7, 11) is 0. The lowest BCUT2D eigenvalue weighted by Gasteiger charge is -2.38. The molecule has 0 atom stereocenters. The molecule has 0 amide bonds. The van der Waals surface area contributed by atoms with E-state index in [1.54, 1.807) is 13.8 Å². The van der Waals surface area contributed by atoms with E-state index in [4.69, 9.17) is 4.42 Å². The molecule has 1 aliphatic carbocycles. The highest BCUT2D eigenvalue weighted by Gasteiger charge is 2.40. The molecule has 0 bridgehead atoms. The molecule has 1 heterocycles. The van der Waals surface area contributed by atoms with Crippen LogP contribution in [0.5, 0.6) is 0 Å². The van der Waals surface area contributed by atoms with Gasteiger partial charge in [0.25, 0.3) is 5.91 Å². The predicted molar refractivity (Wildman–Crippen MR) is 86.0 cm³/mol. The standard InChI is InChI=1S/C17H21F3N2O4/c1-9(2)14-22-12-7-10(6-11(13(12)26-14)16(18,19)20)17(24,25)21-8-15(23)4-3-5-15/h6-7,9,21,23-25H,3-5,8H2,1-2H3. The topological polar surface area (TPSA) is 98.8 Å². The summed E-state index contributed by atoms with van der Waals surface area (Å²) in [6.45, 7) is 3.29. The monoisotopic (exact) mass is 374 g/mol. The van der Waals surface area contributed by atoms with Crippen molar-refractivity contribution in [3.05, 3.63) is 29.2 Å².